The van der Waals surface area contributed by atoms with Crippen molar-refractivity contribution in [2.75, 3.05) is 5.73 Å². The minimum Gasteiger partial charge on any atom is -0.398 e. The Hall–Kier alpha value is -1.81. The average Bonchev–Trinajstić information content (AvgIpc) is 2.86. The number of rotatable bonds is 2. The molecule has 1 aliphatic rings. The highest BCUT2D eigenvalue weighted by Crippen LogP contribution is 2.28. The van der Waals surface area contributed by atoms with Crippen LogP contribution in [0.5, 0.6) is 0 Å². The molecule has 4 heteroatoms. The zero-order valence-corrected chi connectivity index (χ0v) is 9.93. The second-order valence-electron chi connectivity index (χ2n) is 4.61. The third-order valence-corrected chi connectivity index (χ3v) is 3.24. The van der Waals surface area contributed by atoms with Crippen LogP contribution in [0.2, 0.25) is 0 Å². The van der Waals surface area contributed by atoms with E-state index in [2.05, 4.69) is 22.1 Å². The second-order valence-corrected chi connectivity index (χ2v) is 4.61. The van der Waals surface area contributed by atoms with Crippen molar-refractivity contribution in [1.82, 2.24) is 14.7 Å². The van der Waals surface area contributed by atoms with E-state index in [0.29, 0.717) is 0 Å². The second kappa shape index (κ2) is 3.89. The van der Waals surface area contributed by atoms with E-state index >= 15 is 0 Å². The summed E-state index contributed by atoms with van der Waals surface area (Å²) in [6.07, 6.45) is 1.98. The van der Waals surface area contributed by atoms with Crippen molar-refractivity contribution in [1.29, 1.82) is 0 Å². The fourth-order valence-electron chi connectivity index (χ4n) is 2.40. The van der Waals surface area contributed by atoms with Gasteiger partial charge in [0.1, 0.15) is 0 Å². The summed E-state index contributed by atoms with van der Waals surface area (Å²) in [6, 6.07) is 8.22. The molecule has 0 fully saturated rings. The fourth-order valence-corrected chi connectivity index (χ4v) is 2.40. The number of nitrogens with two attached hydrogens (primary N) is 1. The summed E-state index contributed by atoms with van der Waals surface area (Å²) in [5.41, 5.74) is 10.6. The van der Waals surface area contributed by atoms with Crippen LogP contribution in [0.15, 0.2) is 30.5 Å². The topological polar surface area (TPSA) is 47.1 Å². The molecule has 0 bridgehead atoms. The molecular formula is C13H16N4. The van der Waals surface area contributed by atoms with Gasteiger partial charge in [-0.25, -0.2) is 0 Å². The Bertz CT molecular complexity index is 544. The van der Waals surface area contributed by atoms with Gasteiger partial charge in [-0.2, -0.15) is 5.10 Å². The highest BCUT2D eigenvalue weighted by molar-refractivity contribution is 5.52. The Kier molecular flexibility index (Phi) is 2.37. The number of anilines is 1. The Morgan fingerprint density at radius 2 is 2.18 bits per heavy atom. The molecule has 1 aromatic carbocycles. The molecule has 2 aromatic rings. The number of nitrogens with zero attached hydrogens (tertiary/aromatic N) is 3. The predicted octanol–water partition coefficient (Wildman–Crippen LogP) is 1.52. The van der Waals surface area contributed by atoms with Crippen LogP contribution in [0.4, 0.5) is 5.69 Å². The molecule has 3 rings (SSSR count). The van der Waals surface area contributed by atoms with Gasteiger partial charge in [-0.3, -0.25) is 9.58 Å². The van der Waals surface area contributed by atoms with Crippen LogP contribution < -0.4 is 5.73 Å². The molecule has 1 aromatic heterocycles. The Morgan fingerprint density at radius 3 is 2.88 bits per heavy atom. The van der Waals surface area contributed by atoms with Crippen LogP contribution in [0.1, 0.15) is 16.8 Å². The van der Waals surface area contributed by atoms with Gasteiger partial charge in [0.05, 0.1) is 5.69 Å². The van der Waals surface area contributed by atoms with Crippen LogP contribution in [-0.2, 0) is 26.7 Å². The van der Waals surface area contributed by atoms with Crippen molar-refractivity contribution in [2.24, 2.45) is 7.05 Å². The number of nitrogen functional groups attached to an aromatic ring is 1. The molecule has 0 saturated heterocycles. The van der Waals surface area contributed by atoms with Crippen LogP contribution in [0.3, 0.4) is 0 Å². The number of benzene rings is 1. The first-order chi connectivity index (χ1) is 8.22. The van der Waals surface area contributed by atoms with E-state index in [9.17, 15) is 0 Å². The van der Waals surface area contributed by atoms with Gasteiger partial charge < -0.3 is 5.73 Å². The normalized spacial score (nSPS) is 15.1. The number of aryl methyl sites for hydroxylation is 1. The lowest BCUT2D eigenvalue weighted by Gasteiger charge is -2.12. The van der Waals surface area contributed by atoms with Gasteiger partial charge in [0, 0.05) is 38.6 Å². The number of aromatic nitrogens is 2. The molecule has 17 heavy (non-hydrogen) atoms. The number of hydrogen-bond acceptors (Lipinski definition) is 3. The summed E-state index contributed by atoms with van der Waals surface area (Å²) in [6.45, 7) is 2.78. The third-order valence-electron chi connectivity index (χ3n) is 3.24. The zero-order valence-electron chi connectivity index (χ0n) is 9.93. The van der Waals surface area contributed by atoms with Crippen LogP contribution in [0, 0.1) is 0 Å². The largest absolute Gasteiger partial charge is 0.398 e. The lowest BCUT2D eigenvalue weighted by molar-refractivity contribution is 0.271. The van der Waals surface area contributed by atoms with E-state index in [0.717, 1.165) is 31.0 Å². The quantitative estimate of drug-likeness (QED) is 0.793. The molecule has 0 spiro atoms. The Balaban J connectivity index is 1.76. The molecule has 0 unspecified atom stereocenters. The molecule has 1 aliphatic heterocycles. The van der Waals surface area contributed by atoms with Gasteiger partial charge >= 0.3 is 0 Å². The van der Waals surface area contributed by atoms with Gasteiger partial charge in [-0.1, -0.05) is 12.1 Å². The summed E-state index contributed by atoms with van der Waals surface area (Å²) in [5, 5.41) is 4.40. The van der Waals surface area contributed by atoms with Crippen molar-refractivity contribution < 1.29 is 0 Å². The standard InChI is InChI=1S/C13H16N4/c1-16-6-5-11(15-16)8-17-7-10-3-2-4-13(14)12(10)9-17/h2-6H,7-9,14H2,1H3. The van der Waals surface area contributed by atoms with Gasteiger partial charge in [-0.15, -0.1) is 0 Å². The maximum Gasteiger partial charge on any atom is 0.0764 e. The summed E-state index contributed by atoms with van der Waals surface area (Å²) in [5.74, 6) is 0. The van der Waals surface area contributed by atoms with Gasteiger partial charge in [-0.05, 0) is 23.3 Å². The molecule has 0 radical (unpaired) electrons. The summed E-state index contributed by atoms with van der Waals surface area (Å²) >= 11 is 0. The molecule has 88 valence electrons. The molecule has 0 aliphatic carbocycles. The van der Waals surface area contributed by atoms with E-state index in [1.54, 1.807) is 0 Å². The lowest BCUT2D eigenvalue weighted by atomic mass is 10.1. The lowest BCUT2D eigenvalue weighted by Crippen LogP contribution is -2.16. The van der Waals surface area contributed by atoms with Crippen LogP contribution in [0.25, 0.3) is 0 Å². The van der Waals surface area contributed by atoms with Crippen LogP contribution >= 0.6 is 0 Å². The van der Waals surface area contributed by atoms with Crippen molar-refractivity contribution in [3.05, 3.63) is 47.3 Å². The van der Waals surface area contributed by atoms with E-state index < -0.39 is 0 Å². The zero-order chi connectivity index (χ0) is 11.8. The van der Waals surface area contributed by atoms with E-state index in [4.69, 9.17) is 5.73 Å². The van der Waals surface area contributed by atoms with Crippen molar-refractivity contribution in [2.45, 2.75) is 19.6 Å². The SMILES string of the molecule is Cn1ccc(CN2Cc3cccc(N)c3C2)n1. The molecule has 0 atom stereocenters. The molecule has 2 heterocycles. The van der Waals surface area contributed by atoms with Crippen molar-refractivity contribution in [3.63, 3.8) is 0 Å². The average molecular weight is 228 g/mol. The van der Waals surface area contributed by atoms with Gasteiger partial charge in [0.2, 0.25) is 0 Å². The smallest absolute Gasteiger partial charge is 0.0764 e. The highest BCUT2D eigenvalue weighted by Gasteiger charge is 2.21. The maximum absolute atomic E-state index is 5.99. The van der Waals surface area contributed by atoms with E-state index in [1.165, 1.54) is 11.1 Å². The summed E-state index contributed by atoms with van der Waals surface area (Å²) in [4.78, 5) is 2.36. The predicted molar refractivity (Wildman–Crippen MR) is 67.0 cm³/mol. The number of fused-ring (bicyclic) bond motifs is 1. The molecule has 2 N–H and O–H groups in total. The van der Waals surface area contributed by atoms with Gasteiger partial charge in [0.15, 0.2) is 0 Å². The minimum absolute atomic E-state index is 0.884. The van der Waals surface area contributed by atoms with Gasteiger partial charge in [0.25, 0.3) is 0 Å². The molecular weight excluding hydrogens is 212 g/mol. The third kappa shape index (κ3) is 1.91. The maximum atomic E-state index is 5.99. The first-order valence-electron chi connectivity index (χ1n) is 5.79. The summed E-state index contributed by atoms with van der Waals surface area (Å²) < 4.78 is 1.84. The van der Waals surface area contributed by atoms with Crippen molar-refractivity contribution >= 4 is 5.69 Å². The molecule has 0 amide bonds. The first-order valence-corrected chi connectivity index (χ1v) is 5.79. The molecule has 4 nitrogen and oxygen atoms in total. The minimum atomic E-state index is 0.884. The van der Waals surface area contributed by atoms with E-state index in [1.807, 2.05) is 30.1 Å². The summed E-state index contributed by atoms with van der Waals surface area (Å²) in [7, 11) is 1.94. The highest BCUT2D eigenvalue weighted by atomic mass is 15.3. The first kappa shape index (κ1) is 10.4. The fraction of sp³-hybridized carbons (Fsp3) is 0.308. The van der Waals surface area contributed by atoms with Crippen molar-refractivity contribution in [3.8, 4) is 0 Å². The Labute approximate surface area is 101 Å². The number of hydrogen-bond donors (Lipinski definition) is 1. The monoisotopic (exact) mass is 228 g/mol. The Morgan fingerprint density at radius 1 is 1.29 bits per heavy atom. The molecule has 0 saturated carbocycles. The van der Waals surface area contributed by atoms with E-state index in [-0.39, 0.29) is 0 Å². The van der Waals surface area contributed by atoms with Crippen LogP contribution in [-0.4, -0.2) is 14.7 Å².